The van der Waals surface area contributed by atoms with Crippen LogP contribution in [0.2, 0.25) is 0 Å². The molecule has 0 fully saturated rings. The number of aromatic nitrogens is 1. The maximum absolute atomic E-state index is 5.91. The number of nitrogens with zero attached hydrogens (tertiary/aromatic N) is 1. The first kappa shape index (κ1) is 14.8. The summed E-state index contributed by atoms with van der Waals surface area (Å²) in [4.78, 5) is 4.50. The minimum atomic E-state index is 0.198. The van der Waals surface area contributed by atoms with Crippen molar-refractivity contribution in [3.8, 4) is 0 Å². The summed E-state index contributed by atoms with van der Waals surface area (Å²) in [5.41, 5.74) is 2.37. The molecule has 3 heteroatoms. The molecule has 1 unspecified atom stereocenters. The monoisotopic (exact) mass is 272 g/mol. The van der Waals surface area contributed by atoms with Gasteiger partial charge in [-0.1, -0.05) is 19.9 Å². The van der Waals surface area contributed by atoms with E-state index in [4.69, 9.17) is 4.42 Å². The number of aryl methyl sites for hydroxylation is 2. The van der Waals surface area contributed by atoms with E-state index in [9.17, 15) is 0 Å². The molecule has 2 aromatic heterocycles. The molecular weight excluding hydrogens is 248 g/mol. The van der Waals surface area contributed by atoms with Crippen molar-refractivity contribution in [1.82, 2.24) is 10.3 Å². The van der Waals surface area contributed by atoms with Crippen molar-refractivity contribution in [3.63, 3.8) is 0 Å². The van der Waals surface area contributed by atoms with Gasteiger partial charge in [-0.25, -0.2) is 0 Å². The summed E-state index contributed by atoms with van der Waals surface area (Å²) >= 11 is 0. The predicted molar refractivity (Wildman–Crippen MR) is 81.8 cm³/mol. The summed E-state index contributed by atoms with van der Waals surface area (Å²) in [6.07, 6.45) is 4.77. The second-order valence-corrected chi connectivity index (χ2v) is 5.14. The molecule has 2 heterocycles. The summed E-state index contributed by atoms with van der Waals surface area (Å²) in [6, 6.07) is 8.45. The fourth-order valence-electron chi connectivity index (χ4n) is 2.29. The van der Waals surface area contributed by atoms with Gasteiger partial charge in [-0.3, -0.25) is 4.98 Å². The second kappa shape index (κ2) is 7.25. The average Bonchev–Trinajstić information content (AvgIpc) is 2.94. The molecule has 0 aliphatic carbocycles. The lowest BCUT2D eigenvalue weighted by atomic mass is 10.0. The predicted octanol–water partition coefficient (Wildman–Crippen LogP) is 3.83. The van der Waals surface area contributed by atoms with Crippen LogP contribution in [0.15, 0.2) is 34.9 Å². The molecular formula is C17H24N2O. The van der Waals surface area contributed by atoms with E-state index in [1.54, 1.807) is 0 Å². The molecule has 108 valence electrons. The highest BCUT2D eigenvalue weighted by molar-refractivity contribution is 5.21. The highest BCUT2D eigenvalue weighted by atomic mass is 16.3. The lowest BCUT2D eigenvalue weighted by molar-refractivity contribution is 0.390. The molecule has 2 rings (SSSR count). The second-order valence-electron chi connectivity index (χ2n) is 5.14. The van der Waals surface area contributed by atoms with E-state index in [-0.39, 0.29) is 6.04 Å². The third-order valence-electron chi connectivity index (χ3n) is 3.53. The van der Waals surface area contributed by atoms with Crippen LogP contribution in [0, 0.1) is 6.92 Å². The lowest BCUT2D eigenvalue weighted by Crippen LogP contribution is -2.24. The van der Waals surface area contributed by atoms with Crippen LogP contribution in [0.5, 0.6) is 0 Å². The van der Waals surface area contributed by atoms with Crippen LogP contribution in [-0.4, -0.2) is 11.5 Å². The number of rotatable bonds is 7. The number of hydrogen-bond acceptors (Lipinski definition) is 3. The summed E-state index contributed by atoms with van der Waals surface area (Å²) in [7, 11) is 0. The van der Waals surface area contributed by atoms with Crippen molar-refractivity contribution in [2.24, 2.45) is 0 Å². The van der Waals surface area contributed by atoms with Crippen molar-refractivity contribution in [2.45, 2.75) is 46.1 Å². The third kappa shape index (κ3) is 3.70. The topological polar surface area (TPSA) is 38.1 Å². The number of pyridine rings is 1. The van der Waals surface area contributed by atoms with Crippen LogP contribution >= 0.6 is 0 Å². The maximum Gasteiger partial charge on any atom is 0.121 e. The minimum Gasteiger partial charge on any atom is -0.464 e. The zero-order chi connectivity index (χ0) is 14.4. The molecule has 0 radical (unpaired) electrons. The van der Waals surface area contributed by atoms with E-state index in [0.29, 0.717) is 0 Å². The third-order valence-corrected chi connectivity index (χ3v) is 3.53. The Hall–Kier alpha value is -1.61. The molecule has 3 nitrogen and oxygen atoms in total. The van der Waals surface area contributed by atoms with Gasteiger partial charge in [-0.15, -0.1) is 0 Å². The van der Waals surface area contributed by atoms with Crippen molar-refractivity contribution >= 4 is 0 Å². The Morgan fingerprint density at radius 2 is 2.10 bits per heavy atom. The van der Waals surface area contributed by atoms with Crippen molar-refractivity contribution in [1.29, 1.82) is 0 Å². The first-order chi connectivity index (χ1) is 9.74. The van der Waals surface area contributed by atoms with E-state index in [0.717, 1.165) is 43.0 Å². The highest BCUT2D eigenvalue weighted by Crippen LogP contribution is 2.22. The van der Waals surface area contributed by atoms with Crippen LogP contribution in [0.25, 0.3) is 0 Å². The van der Waals surface area contributed by atoms with Crippen LogP contribution in [0.1, 0.15) is 49.1 Å². The number of hydrogen-bond donors (Lipinski definition) is 1. The maximum atomic E-state index is 5.91. The van der Waals surface area contributed by atoms with Crippen molar-refractivity contribution in [2.75, 3.05) is 6.54 Å². The van der Waals surface area contributed by atoms with E-state index < -0.39 is 0 Å². The van der Waals surface area contributed by atoms with Crippen LogP contribution in [-0.2, 0) is 12.8 Å². The van der Waals surface area contributed by atoms with Gasteiger partial charge in [0, 0.05) is 24.7 Å². The van der Waals surface area contributed by atoms with E-state index in [1.807, 2.05) is 12.3 Å². The zero-order valence-corrected chi connectivity index (χ0v) is 12.6. The van der Waals surface area contributed by atoms with Gasteiger partial charge in [0.15, 0.2) is 0 Å². The first-order valence-electron chi connectivity index (χ1n) is 7.47. The lowest BCUT2D eigenvalue weighted by Gasteiger charge is -2.17. The molecule has 1 atom stereocenters. The van der Waals surface area contributed by atoms with Gasteiger partial charge in [0.25, 0.3) is 0 Å². The van der Waals surface area contributed by atoms with Crippen molar-refractivity contribution < 1.29 is 4.42 Å². The fourth-order valence-corrected chi connectivity index (χ4v) is 2.29. The molecule has 0 saturated heterocycles. The Bertz CT molecular complexity index is 533. The van der Waals surface area contributed by atoms with Gasteiger partial charge in [0.1, 0.15) is 11.5 Å². The SMILES string of the molecule is CCCNC(Cc1ncccc1C)c1ccc(CC)o1. The fraction of sp³-hybridized carbons (Fsp3) is 0.471. The Balaban J connectivity index is 2.17. The van der Waals surface area contributed by atoms with E-state index in [2.05, 4.69) is 49.3 Å². The van der Waals surface area contributed by atoms with Gasteiger partial charge >= 0.3 is 0 Å². The summed E-state index contributed by atoms with van der Waals surface area (Å²) < 4.78 is 5.91. The van der Waals surface area contributed by atoms with Gasteiger partial charge in [0.2, 0.25) is 0 Å². The van der Waals surface area contributed by atoms with E-state index in [1.165, 1.54) is 5.56 Å². The summed E-state index contributed by atoms with van der Waals surface area (Å²) in [5, 5.41) is 3.57. The molecule has 20 heavy (non-hydrogen) atoms. The Kier molecular flexibility index (Phi) is 5.36. The summed E-state index contributed by atoms with van der Waals surface area (Å²) in [5.74, 6) is 2.06. The van der Waals surface area contributed by atoms with Crippen LogP contribution < -0.4 is 5.32 Å². The smallest absolute Gasteiger partial charge is 0.121 e. The number of nitrogens with one attached hydrogen (secondary N) is 1. The Labute approximate surface area is 121 Å². The molecule has 0 aliphatic rings. The van der Waals surface area contributed by atoms with Crippen molar-refractivity contribution in [3.05, 3.63) is 53.2 Å². The standard InChI is InChI=1S/C17H24N2O/c1-4-10-18-16(17-9-8-14(5-2)20-17)12-15-13(3)7-6-11-19-15/h6-9,11,16,18H,4-5,10,12H2,1-3H3. The molecule has 0 amide bonds. The zero-order valence-electron chi connectivity index (χ0n) is 12.6. The van der Waals surface area contributed by atoms with Gasteiger partial charge in [-0.2, -0.15) is 0 Å². The Morgan fingerprint density at radius 3 is 2.75 bits per heavy atom. The summed E-state index contributed by atoms with van der Waals surface area (Å²) in [6.45, 7) is 7.38. The quantitative estimate of drug-likeness (QED) is 0.832. The largest absolute Gasteiger partial charge is 0.464 e. The van der Waals surface area contributed by atoms with Crippen LogP contribution in [0.3, 0.4) is 0 Å². The molecule has 0 spiro atoms. The Morgan fingerprint density at radius 1 is 1.25 bits per heavy atom. The van der Waals surface area contributed by atoms with Crippen LogP contribution in [0.4, 0.5) is 0 Å². The number of furan rings is 1. The molecule has 1 N–H and O–H groups in total. The molecule has 0 aliphatic heterocycles. The van der Waals surface area contributed by atoms with Gasteiger partial charge in [-0.05, 0) is 43.7 Å². The highest BCUT2D eigenvalue weighted by Gasteiger charge is 2.17. The minimum absolute atomic E-state index is 0.198. The van der Waals surface area contributed by atoms with Gasteiger partial charge in [0.05, 0.1) is 6.04 Å². The molecule has 0 aromatic carbocycles. The molecule has 0 bridgehead atoms. The van der Waals surface area contributed by atoms with Gasteiger partial charge < -0.3 is 9.73 Å². The molecule has 2 aromatic rings. The van der Waals surface area contributed by atoms with E-state index >= 15 is 0 Å². The average molecular weight is 272 g/mol. The normalized spacial score (nSPS) is 12.6. The molecule has 0 saturated carbocycles. The first-order valence-corrected chi connectivity index (χ1v) is 7.47.